The molecular weight excluding hydrogens is 290 g/mol. The molecular formula is C15H18ClN3O2. The molecule has 1 aromatic heterocycles. The van der Waals surface area contributed by atoms with Gasteiger partial charge in [0, 0.05) is 5.02 Å². The summed E-state index contributed by atoms with van der Waals surface area (Å²) in [4.78, 5) is 8.68. The summed E-state index contributed by atoms with van der Waals surface area (Å²) >= 11 is 6.08. The highest BCUT2D eigenvalue weighted by molar-refractivity contribution is 6.31. The van der Waals surface area contributed by atoms with E-state index in [-0.39, 0.29) is 6.04 Å². The predicted octanol–water partition coefficient (Wildman–Crippen LogP) is 2.76. The van der Waals surface area contributed by atoms with Crippen LogP contribution >= 0.6 is 11.6 Å². The molecule has 0 saturated carbocycles. The van der Waals surface area contributed by atoms with Crippen molar-refractivity contribution in [2.75, 3.05) is 21.3 Å². The van der Waals surface area contributed by atoms with Crippen molar-refractivity contribution in [1.29, 1.82) is 0 Å². The molecule has 0 amide bonds. The quantitative estimate of drug-likeness (QED) is 0.920. The molecule has 0 fully saturated rings. The van der Waals surface area contributed by atoms with Crippen LogP contribution in [0.3, 0.4) is 0 Å². The topological polar surface area (TPSA) is 56.3 Å². The van der Waals surface area contributed by atoms with Crippen molar-refractivity contribution >= 4 is 11.6 Å². The van der Waals surface area contributed by atoms with Gasteiger partial charge in [0.05, 0.1) is 26.5 Å². The van der Waals surface area contributed by atoms with Crippen molar-refractivity contribution in [3.05, 3.63) is 46.2 Å². The summed E-state index contributed by atoms with van der Waals surface area (Å²) in [6.07, 6.45) is 1.57. The fourth-order valence-electron chi connectivity index (χ4n) is 2.12. The number of methoxy groups -OCH3 is 2. The summed E-state index contributed by atoms with van der Waals surface area (Å²) in [5.41, 5.74) is 2.74. The van der Waals surface area contributed by atoms with Gasteiger partial charge in [-0.15, -0.1) is 0 Å². The van der Waals surface area contributed by atoms with E-state index in [1.165, 1.54) is 0 Å². The van der Waals surface area contributed by atoms with Crippen LogP contribution < -0.4 is 14.8 Å². The minimum atomic E-state index is -0.144. The number of benzene rings is 1. The Kier molecular flexibility index (Phi) is 4.98. The third-order valence-corrected chi connectivity index (χ3v) is 3.65. The van der Waals surface area contributed by atoms with Crippen LogP contribution in [-0.4, -0.2) is 31.2 Å². The Hall–Kier alpha value is -1.85. The van der Waals surface area contributed by atoms with E-state index in [9.17, 15) is 0 Å². The van der Waals surface area contributed by atoms with Gasteiger partial charge in [-0.25, -0.2) is 4.98 Å². The van der Waals surface area contributed by atoms with Crippen LogP contribution in [-0.2, 0) is 0 Å². The molecule has 0 bridgehead atoms. The number of nitrogens with zero attached hydrogens (tertiary/aromatic N) is 2. The Morgan fingerprint density at radius 1 is 1.24 bits per heavy atom. The first-order valence-corrected chi connectivity index (χ1v) is 6.86. The zero-order valence-corrected chi connectivity index (χ0v) is 13.2. The first kappa shape index (κ1) is 15.5. The number of nitrogens with one attached hydrogen (secondary N) is 1. The number of hydrogen-bond acceptors (Lipinski definition) is 5. The van der Waals surface area contributed by atoms with Crippen molar-refractivity contribution < 1.29 is 9.47 Å². The lowest BCUT2D eigenvalue weighted by atomic mass is 10.0. The minimum Gasteiger partial charge on any atom is -0.480 e. The molecule has 0 saturated heterocycles. The molecule has 1 aromatic carbocycles. The molecule has 1 N–H and O–H groups in total. The molecule has 2 rings (SSSR count). The zero-order chi connectivity index (χ0) is 15.4. The molecule has 6 heteroatoms. The molecule has 0 aliphatic rings. The Balaban J connectivity index is 2.47. The first-order chi connectivity index (χ1) is 10.1. The summed E-state index contributed by atoms with van der Waals surface area (Å²) in [6, 6.07) is 5.71. The third-order valence-electron chi connectivity index (χ3n) is 3.22. The maximum absolute atomic E-state index is 6.08. The van der Waals surface area contributed by atoms with Crippen LogP contribution in [0, 0.1) is 6.92 Å². The summed E-state index contributed by atoms with van der Waals surface area (Å²) in [5.74, 6) is 0.846. The summed E-state index contributed by atoms with van der Waals surface area (Å²) in [6.45, 7) is 1.97. The minimum absolute atomic E-state index is 0.144. The second kappa shape index (κ2) is 6.74. The Morgan fingerprint density at radius 2 is 2.00 bits per heavy atom. The second-order valence-corrected chi connectivity index (χ2v) is 4.94. The molecule has 1 heterocycles. The first-order valence-electron chi connectivity index (χ1n) is 6.49. The van der Waals surface area contributed by atoms with Gasteiger partial charge < -0.3 is 14.8 Å². The lowest BCUT2D eigenvalue weighted by Gasteiger charge is -2.19. The number of aromatic nitrogens is 2. The Morgan fingerprint density at radius 3 is 2.57 bits per heavy atom. The van der Waals surface area contributed by atoms with Gasteiger partial charge in [0.25, 0.3) is 0 Å². The lowest BCUT2D eigenvalue weighted by Crippen LogP contribution is -2.20. The van der Waals surface area contributed by atoms with Crippen LogP contribution in [0.4, 0.5) is 0 Å². The van der Waals surface area contributed by atoms with Gasteiger partial charge in [0.15, 0.2) is 0 Å². The van der Waals surface area contributed by atoms with Crippen LogP contribution in [0.1, 0.15) is 22.9 Å². The SMILES string of the molecule is CNC(c1ccc(Cl)c(C)c1)c1ncc(OC)nc1OC. The van der Waals surface area contributed by atoms with E-state index in [4.69, 9.17) is 21.1 Å². The van der Waals surface area contributed by atoms with Crippen LogP contribution in [0.15, 0.2) is 24.4 Å². The van der Waals surface area contributed by atoms with E-state index in [2.05, 4.69) is 15.3 Å². The number of hydrogen-bond donors (Lipinski definition) is 1. The maximum atomic E-state index is 6.08. The number of halogens is 1. The smallest absolute Gasteiger partial charge is 0.240 e. The van der Waals surface area contributed by atoms with Gasteiger partial charge in [-0.1, -0.05) is 23.7 Å². The molecule has 0 aliphatic heterocycles. The average molecular weight is 308 g/mol. The lowest BCUT2D eigenvalue weighted by molar-refractivity contribution is 0.353. The van der Waals surface area contributed by atoms with Crippen LogP contribution in [0.5, 0.6) is 11.8 Å². The predicted molar refractivity (Wildman–Crippen MR) is 82.2 cm³/mol. The fourth-order valence-corrected chi connectivity index (χ4v) is 2.24. The molecule has 1 unspecified atom stereocenters. The van der Waals surface area contributed by atoms with E-state index in [0.29, 0.717) is 17.5 Å². The molecule has 0 aliphatic carbocycles. The van der Waals surface area contributed by atoms with E-state index < -0.39 is 0 Å². The highest BCUT2D eigenvalue weighted by Crippen LogP contribution is 2.29. The number of rotatable bonds is 5. The van der Waals surface area contributed by atoms with Gasteiger partial charge in [0.2, 0.25) is 11.8 Å². The monoisotopic (exact) mass is 307 g/mol. The van der Waals surface area contributed by atoms with Crippen LogP contribution in [0.2, 0.25) is 5.02 Å². The Labute approximate surface area is 129 Å². The second-order valence-electron chi connectivity index (χ2n) is 4.54. The van der Waals surface area contributed by atoms with E-state index in [1.54, 1.807) is 20.4 Å². The van der Waals surface area contributed by atoms with Gasteiger partial charge >= 0.3 is 0 Å². The molecule has 5 nitrogen and oxygen atoms in total. The molecule has 21 heavy (non-hydrogen) atoms. The molecule has 2 aromatic rings. The van der Waals surface area contributed by atoms with Crippen molar-refractivity contribution in [2.45, 2.75) is 13.0 Å². The highest BCUT2D eigenvalue weighted by atomic mass is 35.5. The number of ether oxygens (including phenoxy) is 2. The van der Waals surface area contributed by atoms with Crippen LogP contribution in [0.25, 0.3) is 0 Å². The summed E-state index contributed by atoms with van der Waals surface area (Å²) < 4.78 is 10.4. The van der Waals surface area contributed by atoms with E-state index >= 15 is 0 Å². The summed E-state index contributed by atoms with van der Waals surface area (Å²) in [5, 5.41) is 3.96. The van der Waals surface area contributed by atoms with Gasteiger partial charge in [-0.3, -0.25) is 0 Å². The van der Waals surface area contributed by atoms with Crippen molar-refractivity contribution in [3.63, 3.8) is 0 Å². The Bertz CT molecular complexity index is 634. The summed E-state index contributed by atoms with van der Waals surface area (Å²) in [7, 11) is 4.97. The molecule has 0 spiro atoms. The normalized spacial score (nSPS) is 12.0. The maximum Gasteiger partial charge on any atom is 0.240 e. The van der Waals surface area contributed by atoms with E-state index in [0.717, 1.165) is 16.1 Å². The highest BCUT2D eigenvalue weighted by Gasteiger charge is 2.20. The van der Waals surface area contributed by atoms with Crippen molar-refractivity contribution in [1.82, 2.24) is 15.3 Å². The molecule has 0 radical (unpaired) electrons. The van der Waals surface area contributed by atoms with Gasteiger partial charge in [-0.2, -0.15) is 4.98 Å². The molecule has 112 valence electrons. The standard InChI is InChI=1S/C15H18ClN3O2/c1-9-7-10(5-6-11(9)16)13(17-2)14-15(21-4)19-12(20-3)8-18-14/h5-8,13,17H,1-4H3. The van der Waals surface area contributed by atoms with Crippen molar-refractivity contribution in [3.8, 4) is 11.8 Å². The largest absolute Gasteiger partial charge is 0.480 e. The zero-order valence-electron chi connectivity index (χ0n) is 12.5. The molecule has 1 atom stereocenters. The van der Waals surface area contributed by atoms with Gasteiger partial charge in [0.1, 0.15) is 5.69 Å². The van der Waals surface area contributed by atoms with E-state index in [1.807, 2.05) is 32.2 Å². The third kappa shape index (κ3) is 3.25. The van der Waals surface area contributed by atoms with Crippen molar-refractivity contribution in [2.24, 2.45) is 0 Å². The fraction of sp³-hybridized carbons (Fsp3) is 0.333. The van der Waals surface area contributed by atoms with Gasteiger partial charge in [-0.05, 0) is 31.2 Å². The number of aryl methyl sites for hydroxylation is 1. The average Bonchev–Trinajstić information content (AvgIpc) is 2.51.